The van der Waals surface area contributed by atoms with Crippen LogP contribution in [0.4, 0.5) is 11.5 Å². The summed E-state index contributed by atoms with van der Waals surface area (Å²) in [6.45, 7) is 1.64. The van der Waals surface area contributed by atoms with Gasteiger partial charge in [0, 0.05) is 18.3 Å². The Balaban J connectivity index is 2.35. The van der Waals surface area contributed by atoms with Gasteiger partial charge < -0.3 is 10.5 Å². The van der Waals surface area contributed by atoms with Gasteiger partial charge in [0.1, 0.15) is 17.3 Å². The number of nitro benzene ring substituents is 1. The van der Waals surface area contributed by atoms with Gasteiger partial charge in [0.2, 0.25) is 0 Å². The Morgan fingerprint density at radius 3 is 2.83 bits per heavy atom. The minimum atomic E-state index is -0.441. The Bertz CT molecular complexity index is 599. The lowest BCUT2D eigenvalue weighted by atomic mass is 10.2. The summed E-state index contributed by atoms with van der Waals surface area (Å²) in [5.74, 6) is 1.25. The predicted molar refractivity (Wildman–Crippen MR) is 66.6 cm³/mol. The lowest BCUT2D eigenvalue weighted by Crippen LogP contribution is -1.95. The highest BCUT2D eigenvalue weighted by molar-refractivity contribution is 5.50. The molecule has 0 atom stereocenters. The van der Waals surface area contributed by atoms with Crippen LogP contribution in [-0.4, -0.2) is 9.91 Å². The molecule has 18 heavy (non-hydrogen) atoms. The van der Waals surface area contributed by atoms with Crippen molar-refractivity contribution >= 4 is 11.5 Å². The Morgan fingerprint density at radius 2 is 2.17 bits per heavy atom. The second kappa shape index (κ2) is 4.70. The molecule has 0 aliphatic rings. The molecule has 0 unspecified atom stereocenters. The van der Waals surface area contributed by atoms with Crippen molar-refractivity contribution < 1.29 is 9.66 Å². The first kappa shape index (κ1) is 11.8. The lowest BCUT2D eigenvalue weighted by molar-refractivity contribution is -0.385. The average molecular weight is 245 g/mol. The third-order valence-corrected chi connectivity index (χ3v) is 2.43. The first-order valence-electron chi connectivity index (χ1n) is 5.21. The second-order valence-corrected chi connectivity index (χ2v) is 3.68. The number of anilines is 1. The van der Waals surface area contributed by atoms with E-state index in [9.17, 15) is 10.1 Å². The van der Waals surface area contributed by atoms with Crippen molar-refractivity contribution in [2.45, 2.75) is 6.92 Å². The number of nitrogens with zero attached hydrogens (tertiary/aromatic N) is 2. The third kappa shape index (κ3) is 2.37. The van der Waals surface area contributed by atoms with Gasteiger partial charge in [-0.05, 0) is 19.1 Å². The summed E-state index contributed by atoms with van der Waals surface area (Å²) in [5, 5.41) is 10.8. The minimum absolute atomic E-state index is 0.0227. The van der Waals surface area contributed by atoms with Gasteiger partial charge in [-0.25, -0.2) is 4.98 Å². The maximum atomic E-state index is 10.8. The maximum absolute atomic E-state index is 10.8. The standard InChI is InChI=1S/C12H11N3O3/c1-8-10(15(16)17)3-2-4-11(8)18-9-5-6-14-12(13)7-9/h2-7H,1H3,(H2,13,14). The zero-order valence-electron chi connectivity index (χ0n) is 9.66. The molecular formula is C12H11N3O3. The topological polar surface area (TPSA) is 91.3 Å². The molecule has 2 N–H and O–H groups in total. The molecule has 1 heterocycles. The molecule has 0 saturated heterocycles. The number of hydrogen-bond donors (Lipinski definition) is 1. The number of nitrogens with two attached hydrogens (primary N) is 1. The fraction of sp³-hybridized carbons (Fsp3) is 0.0833. The molecule has 0 radical (unpaired) electrons. The van der Waals surface area contributed by atoms with E-state index < -0.39 is 4.92 Å². The van der Waals surface area contributed by atoms with Crippen LogP contribution in [-0.2, 0) is 0 Å². The van der Waals surface area contributed by atoms with Gasteiger partial charge in [0.05, 0.1) is 10.5 Å². The van der Waals surface area contributed by atoms with Gasteiger partial charge in [-0.15, -0.1) is 0 Å². The Morgan fingerprint density at radius 1 is 1.39 bits per heavy atom. The molecule has 1 aromatic heterocycles. The van der Waals surface area contributed by atoms with Crippen molar-refractivity contribution in [2.24, 2.45) is 0 Å². The van der Waals surface area contributed by atoms with Gasteiger partial charge in [-0.3, -0.25) is 10.1 Å². The van der Waals surface area contributed by atoms with E-state index in [1.54, 1.807) is 31.2 Å². The summed E-state index contributed by atoms with van der Waals surface area (Å²) in [5.41, 5.74) is 6.02. The van der Waals surface area contributed by atoms with Crippen LogP contribution in [0.25, 0.3) is 0 Å². The van der Waals surface area contributed by atoms with E-state index in [-0.39, 0.29) is 5.69 Å². The number of rotatable bonds is 3. The summed E-state index contributed by atoms with van der Waals surface area (Å²) in [6.07, 6.45) is 1.51. The molecule has 0 aliphatic heterocycles. The molecule has 2 rings (SSSR count). The Hall–Kier alpha value is -2.63. The molecule has 0 amide bonds. The highest BCUT2D eigenvalue weighted by Gasteiger charge is 2.14. The van der Waals surface area contributed by atoms with E-state index in [1.165, 1.54) is 12.3 Å². The van der Waals surface area contributed by atoms with Gasteiger partial charge in [-0.1, -0.05) is 6.07 Å². The quantitative estimate of drug-likeness (QED) is 0.663. The molecule has 6 heteroatoms. The zero-order valence-corrected chi connectivity index (χ0v) is 9.66. The lowest BCUT2D eigenvalue weighted by Gasteiger charge is -2.08. The Labute approximate surface area is 103 Å². The molecule has 92 valence electrons. The molecule has 2 aromatic rings. The number of pyridine rings is 1. The highest BCUT2D eigenvalue weighted by atomic mass is 16.6. The average Bonchev–Trinajstić information content (AvgIpc) is 2.31. The van der Waals surface area contributed by atoms with Crippen molar-refractivity contribution in [2.75, 3.05) is 5.73 Å². The van der Waals surface area contributed by atoms with E-state index in [1.807, 2.05) is 0 Å². The smallest absolute Gasteiger partial charge is 0.276 e. The first-order chi connectivity index (χ1) is 8.58. The molecule has 0 aliphatic carbocycles. The van der Waals surface area contributed by atoms with Crippen LogP contribution in [0, 0.1) is 17.0 Å². The first-order valence-corrected chi connectivity index (χ1v) is 5.21. The van der Waals surface area contributed by atoms with E-state index in [2.05, 4.69) is 4.98 Å². The molecule has 6 nitrogen and oxygen atoms in total. The molecule has 0 bridgehead atoms. The van der Waals surface area contributed by atoms with Gasteiger partial charge in [0.25, 0.3) is 5.69 Å². The van der Waals surface area contributed by atoms with Gasteiger partial charge in [-0.2, -0.15) is 0 Å². The van der Waals surface area contributed by atoms with Crippen LogP contribution in [0.3, 0.4) is 0 Å². The predicted octanol–water partition coefficient (Wildman–Crippen LogP) is 2.67. The van der Waals surface area contributed by atoms with Gasteiger partial charge >= 0.3 is 0 Å². The van der Waals surface area contributed by atoms with E-state index >= 15 is 0 Å². The summed E-state index contributed by atoms with van der Waals surface area (Å²) in [4.78, 5) is 14.2. The Kier molecular flexibility index (Phi) is 3.09. The normalized spacial score (nSPS) is 10.1. The SMILES string of the molecule is Cc1c(Oc2ccnc(N)c2)cccc1[N+](=O)[O-]. The monoisotopic (exact) mass is 245 g/mol. The summed E-state index contributed by atoms with van der Waals surface area (Å²) < 4.78 is 5.56. The molecule has 0 saturated carbocycles. The van der Waals surface area contributed by atoms with Crippen molar-refractivity contribution in [1.82, 2.24) is 4.98 Å². The van der Waals surface area contributed by atoms with Crippen LogP contribution in [0.15, 0.2) is 36.5 Å². The zero-order chi connectivity index (χ0) is 13.1. The number of benzene rings is 1. The molecular weight excluding hydrogens is 234 g/mol. The van der Waals surface area contributed by atoms with Crippen LogP contribution in [0.5, 0.6) is 11.5 Å². The number of nitro groups is 1. The van der Waals surface area contributed by atoms with Crippen LogP contribution in [0.2, 0.25) is 0 Å². The molecule has 1 aromatic carbocycles. The molecule has 0 fully saturated rings. The minimum Gasteiger partial charge on any atom is -0.457 e. The maximum Gasteiger partial charge on any atom is 0.276 e. The van der Waals surface area contributed by atoms with Crippen LogP contribution >= 0.6 is 0 Å². The van der Waals surface area contributed by atoms with E-state index in [4.69, 9.17) is 10.5 Å². The van der Waals surface area contributed by atoms with Gasteiger partial charge in [0.15, 0.2) is 0 Å². The summed E-state index contributed by atoms with van der Waals surface area (Å²) in [6, 6.07) is 7.86. The van der Waals surface area contributed by atoms with E-state index in [0.29, 0.717) is 22.9 Å². The van der Waals surface area contributed by atoms with Crippen molar-refractivity contribution in [3.05, 3.63) is 52.2 Å². The third-order valence-electron chi connectivity index (χ3n) is 2.43. The largest absolute Gasteiger partial charge is 0.457 e. The van der Waals surface area contributed by atoms with Crippen molar-refractivity contribution in [3.63, 3.8) is 0 Å². The molecule has 0 spiro atoms. The van der Waals surface area contributed by atoms with Crippen molar-refractivity contribution in [3.8, 4) is 11.5 Å². The van der Waals surface area contributed by atoms with E-state index in [0.717, 1.165) is 0 Å². The number of aromatic nitrogens is 1. The fourth-order valence-corrected chi connectivity index (χ4v) is 1.53. The highest BCUT2D eigenvalue weighted by Crippen LogP contribution is 2.30. The number of ether oxygens (including phenoxy) is 1. The summed E-state index contributed by atoms with van der Waals surface area (Å²) >= 11 is 0. The van der Waals surface area contributed by atoms with Crippen LogP contribution in [0.1, 0.15) is 5.56 Å². The summed E-state index contributed by atoms with van der Waals surface area (Å²) in [7, 11) is 0. The fourth-order valence-electron chi connectivity index (χ4n) is 1.53. The number of nitrogen functional groups attached to an aromatic ring is 1. The number of hydrogen-bond acceptors (Lipinski definition) is 5. The van der Waals surface area contributed by atoms with Crippen molar-refractivity contribution in [1.29, 1.82) is 0 Å². The second-order valence-electron chi connectivity index (χ2n) is 3.68. The van der Waals surface area contributed by atoms with Crippen LogP contribution < -0.4 is 10.5 Å².